The molecule has 1 amide bonds. The molecule has 4 aliphatic rings. The summed E-state index contributed by atoms with van der Waals surface area (Å²) in [4.78, 5) is 18.0. The third-order valence-electron chi connectivity index (χ3n) is 11.6. The van der Waals surface area contributed by atoms with E-state index in [9.17, 15) is 18.3 Å². The zero-order valence-electron chi connectivity index (χ0n) is 27.7. The summed E-state index contributed by atoms with van der Waals surface area (Å²) < 4.78 is 35.7. The topological polar surface area (TPSA) is 99.2 Å². The van der Waals surface area contributed by atoms with Crippen molar-refractivity contribution >= 4 is 33.2 Å². The Hall–Kier alpha value is -2.33. The van der Waals surface area contributed by atoms with Crippen LogP contribution in [0.5, 0.6) is 5.75 Å². The minimum Gasteiger partial charge on any atom is -0.490 e. The van der Waals surface area contributed by atoms with Gasteiger partial charge in [0.15, 0.2) is 0 Å². The van der Waals surface area contributed by atoms with Crippen molar-refractivity contribution < 1.29 is 23.1 Å². The Labute approximate surface area is 279 Å². The van der Waals surface area contributed by atoms with Gasteiger partial charge < -0.3 is 19.6 Å². The molecule has 0 radical (unpaired) electrons. The van der Waals surface area contributed by atoms with Crippen LogP contribution >= 0.6 is 11.6 Å². The molecular weight excluding hydrogens is 622 g/mol. The predicted molar refractivity (Wildman–Crippen MR) is 183 cm³/mol. The van der Waals surface area contributed by atoms with Gasteiger partial charge in [0.05, 0.1) is 23.1 Å². The summed E-state index contributed by atoms with van der Waals surface area (Å²) in [7, 11) is 0.164. The fourth-order valence-corrected chi connectivity index (χ4v) is 10.0. The Morgan fingerprint density at radius 2 is 1.89 bits per heavy atom. The number of carbonyl (C=O) groups is 1. The van der Waals surface area contributed by atoms with Gasteiger partial charge in [-0.2, -0.15) is 0 Å². The lowest BCUT2D eigenvalue weighted by Crippen LogP contribution is -2.53. The number of aryl methyl sites for hydroxylation is 1. The molecule has 252 valence electrons. The molecule has 2 aliphatic heterocycles. The van der Waals surface area contributed by atoms with Crippen LogP contribution in [-0.4, -0.2) is 75.5 Å². The number of halogens is 1. The maximum Gasteiger partial charge on any atom is 0.264 e. The zero-order chi connectivity index (χ0) is 32.9. The molecule has 2 aromatic carbocycles. The first-order valence-electron chi connectivity index (χ1n) is 17.0. The van der Waals surface area contributed by atoms with Crippen molar-refractivity contribution in [1.29, 1.82) is 0 Å². The van der Waals surface area contributed by atoms with Crippen molar-refractivity contribution in [1.82, 2.24) is 9.62 Å². The SMILES string of the molecule is C[C@@H]1[C@@H](C)CCC[C@](O)(CCN(C)C)[C@@H]2CC[C@H]2CN2C[C@@]3(CCCc4cc(Cl)ccc43)COc3ccc(cc32)C(=O)NS1(=O)=O. The second kappa shape index (κ2) is 12.9. The van der Waals surface area contributed by atoms with Crippen molar-refractivity contribution in [2.45, 2.75) is 87.9 Å². The number of aliphatic hydroxyl groups is 1. The van der Waals surface area contributed by atoms with Crippen molar-refractivity contribution in [3.8, 4) is 5.75 Å². The first kappa shape index (κ1) is 33.6. The van der Waals surface area contributed by atoms with Gasteiger partial charge in [0, 0.05) is 35.6 Å². The lowest BCUT2D eigenvalue weighted by molar-refractivity contribution is -0.0963. The van der Waals surface area contributed by atoms with Gasteiger partial charge in [-0.25, -0.2) is 13.1 Å². The normalized spacial score (nSPS) is 32.8. The molecule has 2 bridgehead atoms. The van der Waals surface area contributed by atoms with E-state index >= 15 is 0 Å². The van der Waals surface area contributed by atoms with E-state index in [4.69, 9.17) is 16.3 Å². The van der Waals surface area contributed by atoms with Gasteiger partial charge in [-0.15, -0.1) is 0 Å². The Morgan fingerprint density at radius 3 is 2.63 bits per heavy atom. The van der Waals surface area contributed by atoms with Gasteiger partial charge in [0.1, 0.15) is 5.75 Å². The standard InChI is InChI=1S/C36H50ClN3O5S/c1-24-7-5-16-36(42,17-18-39(3)4)31-12-9-28(31)21-40-22-35(15-6-8-26-19-29(37)11-13-30(26)35)23-45-33-14-10-27(20-32(33)40)34(41)38-46(43,44)25(24)2/h10-11,13-14,19-20,24-25,28,31,42H,5-9,12,15-18,21-23H2,1-4H3,(H,38,41)/t24-,25+,28-,31+,35-,36-/m0/s1. The van der Waals surface area contributed by atoms with Crippen molar-refractivity contribution in [2.75, 3.05) is 45.2 Å². The highest BCUT2D eigenvalue weighted by Crippen LogP contribution is 2.49. The highest BCUT2D eigenvalue weighted by molar-refractivity contribution is 7.90. The van der Waals surface area contributed by atoms with Gasteiger partial charge in [0.25, 0.3) is 5.91 Å². The summed E-state index contributed by atoms with van der Waals surface area (Å²) in [6.07, 6.45) is 7.68. The number of rotatable bonds is 3. The van der Waals surface area contributed by atoms with Crippen LogP contribution in [-0.2, 0) is 21.9 Å². The summed E-state index contributed by atoms with van der Waals surface area (Å²) in [6.45, 7) is 6.32. The third kappa shape index (κ3) is 6.54. The van der Waals surface area contributed by atoms with E-state index in [1.807, 2.05) is 33.2 Å². The van der Waals surface area contributed by atoms with Crippen LogP contribution in [0.1, 0.15) is 86.7 Å². The quantitative estimate of drug-likeness (QED) is 0.426. The van der Waals surface area contributed by atoms with Crippen LogP contribution < -0.4 is 14.4 Å². The molecule has 0 aromatic heterocycles. The number of hydrogen-bond donors (Lipinski definition) is 2. The molecule has 6 rings (SSSR count). The van der Waals surface area contributed by atoms with Gasteiger partial charge in [-0.3, -0.25) is 4.79 Å². The average Bonchev–Trinajstić information content (AvgIpc) is 3.14. The van der Waals surface area contributed by atoms with Gasteiger partial charge >= 0.3 is 0 Å². The summed E-state index contributed by atoms with van der Waals surface area (Å²) in [5.74, 6) is 0.327. The maximum absolute atomic E-state index is 13.5. The second-order valence-electron chi connectivity index (χ2n) is 14.9. The van der Waals surface area contributed by atoms with E-state index in [0.717, 1.165) is 62.3 Å². The second-order valence-corrected chi connectivity index (χ2v) is 17.4. The number of sulfonamides is 1. The van der Waals surface area contributed by atoms with E-state index in [-0.39, 0.29) is 23.2 Å². The minimum absolute atomic E-state index is 0.143. The Morgan fingerprint density at radius 1 is 1.09 bits per heavy atom. The first-order chi connectivity index (χ1) is 21.8. The van der Waals surface area contributed by atoms with Gasteiger partial charge in [0.2, 0.25) is 10.0 Å². The van der Waals surface area contributed by atoms with Gasteiger partial charge in [-0.1, -0.05) is 31.0 Å². The molecule has 6 atom stereocenters. The number of amides is 1. The molecule has 2 aliphatic carbocycles. The lowest BCUT2D eigenvalue weighted by atomic mass is 9.62. The van der Waals surface area contributed by atoms with Crippen LogP contribution in [0.2, 0.25) is 5.02 Å². The summed E-state index contributed by atoms with van der Waals surface area (Å²) >= 11 is 6.44. The van der Waals surface area contributed by atoms with Crippen LogP contribution in [0.4, 0.5) is 5.69 Å². The molecule has 2 aromatic rings. The van der Waals surface area contributed by atoms with Crippen molar-refractivity contribution in [3.05, 3.63) is 58.1 Å². The summed E-state index contributed by atoms with van der Waals surface area (Å²) in [5.41, 5.74) is 2.52. The van der Waals surface area contributed by atoms with Crippen molar-refractivity contribution in [2.24, 2.45) is 17.8 Å². The fourth-order valence-electron chi connectivity index (χ4n) is 8.50. The highest BCUT2D eigenvalue weighted by atomic mass is 35.5. The number of benzene rings is 2. The molecule has 1 fully saturated rings. The molecule has 0 unspecified atom stereocenters. The minimum atomic E-state index is -3.92. The van der Waals surface area contributed by atoms with E-state index in [0.29, 0.717) is 43.7 Å². The number of carbonyl (C=O) groups excluding carboxylic acids is 1. The molecule has 8 nitrogen and oxygen atoms in total. The number of fused-ring (bicyclic) bond motifs is 4. The Bertz CT molecular complexity index is 1570. The summed E-state index contributed by atoms with van der Waals surface area (Å²) in [6, 6.07) is 11.5. The molecule has 46 heavy (non-hydrogen) atoms. The molecule has 0 saturated heterocycles. The maximum atomic E-state index is 13.5. The Kier molecular flexibility index (Phi) is 9.44. The van der Waals surface area contributed by atoms with Crippen molar-refractivity contribution in [3.63, 3.8) is 0 Å². The predicted octanol–water partition coefficient (Wildman–Crippen LogP) is 5.79. The van der Waals surface area contributed by atoms with E-state index in [2.05, 4.69) is 26.7 Å². The third-order valence-corrected chi connectivity index (χ3v) is 13.8. The lowest BCUT2D eigenvalue weighted by Gasteiger charge is -2.50. The first-order valence-corrected chi connectivity index (χ1v) is 19.0. The fraction of sp³-hybridized carbons (Fsp3) is 0.639. The Balaban J connectivity index is 1.43. The largest absolute Gasteiger partial charge is 0.490 e. The van der Waals surface area contributed by atoms with Crippen LogP contribution in [0.15, 0.2) is 36.4 Å². The summed E-state index contributed by atoms with van der Waals surface area (Å²) in [5, 5.41) is 12.4. The molecule has 1 spiro atoms. The van der Waals surface area contributed by atoms with E-state index in [1.54, 1.807) is 19.1 Å². The molecular formula is C36H50ClN3O5S. The number of hydrogen-bond acceptors (Lipinski definition) is 7. The monoisotopic (exact) mass is 671 g/mol. The highest BCUT2D eigenvalue weighted by Gasteiger charge is 2.48. The van der Waals surface area contributed by atoms with Gasteiger partial charge in [-0.05, 0) is 132 Å². The number of ether oxygens (including phenoxy) is 1. The molecule has 10 heteroatoms. The smallest absolute Gasteiger partial charge is 0.264 e. The molecule has 2 heterocycles. The van der Waals surface area contributed by atoms with Crippen LogP contribution in [0.25, 0.3) is 0 Å². The van der Waals surface area contributed by atoms with E-state index < -0.39 is 26.8 Å². The molecule has 2 N–H and O–H groups in total. The molecule has 1 saturated carbocycles. The number of nitrogens with one attached hydrogen (secondary N) is 1. The average molecular weight is 672 g/mol. The van der Waals surface area contributed by atoms with Crippen LogP contribution in [0.3, 0.4) is 0 Å². The zero-order valence-corrected chi connectivity index (χ0v) is 29.3. The van der Waals surface area contributed by atoms with E-state index in [1.165, 1.54) is 11.1 Å². The number of anilines is 1. The van der Waals surface area contributed by atoms with Crippen LogP contribution in [0, 0.1) is 17.8 Å². The number of nitrogens with zero attached hydrogens (tertiary/aromatic N) is 2.